The average molecular weight is 208 g/mol. The van der Waals surface area contributed by atoms with E-state index in [9.17, 15) is 0 Å². The fraction of sp³-hybridized carbons (Fsp3) is 0.333. The predicted octanol–water partition coefficient (Wildman–Crippen LogP) is 3.10. The third-order valence-electron chi connectivity index (χ3n) is 2.06. The summed E-state index contributed by atoms with van der Waals surface area (Å²) >= 11 is 5.92. The van der Waals surface area contributed by atoms with Gasteiger partial charge in [0.25, 0.3) is 0 Å². The highest BCUT2D eigenvalue weighted by Gasteiger charge is 2.08. The first-order valence-corrected chi connectivity index (χ1v) is 4.97. The first kappa shape index (κ1) is 10.9. The van der Waals surface area contributed by atoms with Gasteiger partial charge in [-0.2, -0.15) is 0 Å². The summed E-state index contributed by atoms with van der Waals surface area (Å²) in [6.07, 6.45) is 6.26. The van der Waals surface area contributed by atoms with Crippen molar-refractivity contribution < 1.29 is 0 Å². The first-order valence-electron chi connectivity index (χ1n) is 4.59. The maximum Gasteiger partial charge on any atom is 0.0661 e. The van der Waals surface area contributed by atoms with Crippen LogP contribution in [-0.4, -0.2) is 0 Å². The summed E-state index contributed by atoms with van der Waals surface area (Å²) in [5.74, 6) is 3.08. The Balaban J connectivity index is 3.16. The van der Waals surface area contributed by atoms with Gasteiger partial charge in [-0.05, 0) is 24.0 Å². The number of halogens is 1. The van der Waals surface area contributed by atoms with E-state index in [4.69, 9.17) is 23.8 Å². The predicted molar refractivity (Wildman–Crippen MR) is 62.3 cm³/mol. The van der Waals surface area contributed by atoms with Crippen LogP contribution in [0.25, 0.3) is 0 Å². The van der Waals surface area contributed by atoms with Crippen LogP contribution in [0, 0.1) is 18.3 Å². The van der Waals surface area contributed by atoms with Crippen LogP contribution in [0.4, 0.5) is 5.69 Å². The minimum Gasteiger partial charge on any atom is -0.397 e. The van der Waals surface area contributed by atoms with Gasteiger partial charge < -0.3 is 5.73 Å². The highest BCUT2D eigenvalue weighted by molar-refractivity contribution is 6.32. The van der Waals surface area contributed by atoms with Gasteiger partial charge in [0.05, 0.1) is 16.3 Å². The molecule has 1 aromatic rings. The largest absolute Gasteiger partial charge is 0.397 e. The van der Waals surface area contributed by atoms with Gasteiger partial charge in [-0.25, -0.2) is 0 Å². The molecule has 1 aromatic carbocycles. The highest BCUT2D eigenvalue weighted by atomic mass is 35.5. The second-order valence-electron chi connectivity index (χ2n) is 3.74. The van der Waals surface area contributed by atoms with Crippen LogP contribution in [0.1, 0.15) is 25.0 Å². The lowest BCUT2D eigenvalue weighted by Gasteiger charge is -2.10. The molecule has 1 nitrogen and oxygen atoms in total. The molecule has 0 spiro atoms. The van der Waals surface area contributed by atoms with Crippen LogP contribution in [0.5, 0.6) is 0 Å². The van der Waals surface area contributed by atoms with Crippen molar-refractivity contribution in [2.24, 2.45) is 5.92 Å². The van der Waals surface area contributed by atoms with Crippen molar-refractivity contribution in [1.82, 2.24) is 0 Å². The zero-order valence-electron chi connectivity index (χ0n) is 8.47. The summed E-state index contributed by atoms with van der Waals surface area (Å²) in [6.45, 7) is 4.28. The van der Waals surface area contributed by atoms with E-state index in [0.717, 1.165) is 12.0 Å². The van der Waals surface area contributed by atoms with E-state index >= 15 is 0 Å². The molecule has 14 heavy (non-hydrogen) atoms. The minimum atomic E-state index is 0.553. The van der Waals surface area contributed by atoms with Gasteiger partial charge in [-0.15, -0.1) is 6.42 Å². The maximum atomic E-state index is 5.92. The molecule has 74 valence electrons. The third-order valence-corrected chi connectivity index (χ3v) is 2.37. The smallest absolute Gasteiger partial charge is 0.0661 e. The van der Waals surface area contributed by atoms with Gasteiger partial charge in [0.15, 0.2) is 0 Å². The molecular formula is C12H14ClN. The van der Waals surface area contributed by atoms with Crippen LogP contribution >= 0.6 is 11.6 Å². The number of benzene rings is 1. The van der Waals surface area contributed by atoms with E-state index < -0.39 is 0 Å². The summed E-state index contributed by atoms with van der Waals surface area (Å²) in [5.41, 5.74) is 8.26. The molecule has 0 aromatic heterocycles. The van der Waals surface area contributed by atoms with Gasteiger partial charge in [0.1, 0.15) is 0 Å². The van der Waals surface area contributed by atoms with Gasteiger partial charge in [0.2, 0.25) is 0 Å². The van der Waals surface area contributed by atoms with Crippen molar-refractivity contribution >= 4 is 17.3 Å². The number of anilines is 1. The lowest BCUT2D eigenvalue weighted by atomic mass is 9.99. The Morgan fingerprint density at radius 1 is 1.50 bits per heavy atom. The van der Waals surface area contributed by atoms with E-state index in [1.54, 1.807) is 0 Å². The molecule has 0 atom stereocenters. The van der Waals surface area contributed by atoms with Crippen molar-refractivity contribution in [2.75, 3.05) is 5.73 Å². The first-order chi connectivity index (χ1) is 6.56. The van der Waals surface area contributed by atoms with Gasteiger partial charge in [-0.3, -0.25) is 0 Å². The molecule has 0 heterocycles. The van der Waals surface area contributed by atoms with Crippen LogP contribution in [0.2, 0.25) is 5.02 Å². The number of hydrogen-bond donors (Lipinski definition) is 1. The van der Waals surface area contributed by atoms with Crippen molar-refractivity contribution in [3.63, 3.8) is 0 Å². The summed E-state index contributed by atoms with van der Waals surface area (Å²) in [4.78, 5) is 0. The van der Waals surface area contributed by atoms with E-state index in [0.29, 0.717) is 22.2 Å². The molecule has 0 aliphatic rings. The number of nitrogen functional groups attached to an aromatic ring is 1. The van der Waals surface area contributed by atoms with E-state index in [2.05, 4.69) is 19.8 Å². The van der Waals surface area contributed by atoms with E-state index in [1.807, 2.05) is 12.1 Å². The second kappa shape index (κ2) is 4.39. The molecule has 0 saturated heterocycles. The van der Waals surface area contributed by atoms with Crippen LogP contribution < -0.4 is 5.73 Å². The lowest BCUT2D eigenvalue weighted by molar-refractivity contribution is 0.648. The van der Waals surface area contributed by atoms with Crippen LogP contribution in [0.3, 0.4) is 0 Å². The summed E-state index contributed by atoms with van der Waals surface area (Å²) in [6, 6.07) is 3.75. The average Bonchev–Trinajstić information content (AvgIpc) is 2.10. The van der Waals surface area contributed by atoms with Crippen LogP contribution in [0.15, 0.2) is 12.1 Å². The normalized spacial score (nSPS) is 10.2. The molecule has 0 aliphatic heterocycles. The molecule has 0 bridgehead atoms. The van der Waals surface area contributed by atoms with Crippen molar-refractivity contribution in [2.45, 2.75) is 20.3 Å². The Labute approximate surface area is 90.3 Å². The highest BCUT2D eigenvalue weighted by Crippen LogP contribution is 2.26. The molecule has 0 unspecified atom stereocenters. The second-order valence-corrected chi connectivity index (χ2v) is 4.14. The molecule has 0 saturated carbocycles. The lowest BCUT2D eigenvalue weighted by Crippen LogP contribution is -2.02. The number of nitrogens with two attached hydrogens (primary N) is 1. The fourth-order valence-corrected chi connectivity index (χ4v) is 1.62. The Morgan fingerprint density at radius 3 is 2.64 bits per heavy atom. The van der Waals surface area contributed by atoms with Gasteiger partial charge in [0, 0.05) is 0 Å². The Morgan fingerprint density at radius 2 is 2.14 bits per heavy atom. The van der Waals surface area contributed by atoms with Crippen molar-refractivity contribution in [3.8, 4) is 12.3 Å². The molecule has 0 aliphatic carbocycles. The van der Waals surface area contributed by atoms with Gasteiger partial charge in [-0.1, -0.05) is 37.4 Å². The Kier molecular flexibility index (Phi) is 3.43. The maximum absolute atomic E-state index is 5.92. The SMILES string of the molecule is C#Cc1c(Cl)ccc(CC(C)C)c1N. The molecular weight excluding hydrogens is 194 g/mol. The molecule has 2 heteroatoms. The van der Waals surface area contributed by atoms with Crippen LogP contribution in [-0.2, 0) is 6.42 Å². The quantitative estimate of drug-likeness (QED) is 0.586. The number of terminal acetylenes is 1. The monoisotopic (exact) mass is 207 g/mol. The van der Waals surface area contributed by atoms with Crippen molar-refractivity contribution in [3.05, 3.63) is 28.3 Å². The van der Waals surface area contributed by atoms with Gasteiger partial charge >= 0.3 is 0 Å². The number of hydrogen-bond acceptors (Lipinski definition) is 1. The summed E-state index contributed by atoms with van der Waals surface area (Å²) in [7, 11) is 0. The Hall–Kier alpha value is -1.13. The van der Waals surface area contributed by atoms with E-state index in [1.165, 1.54) is 0 Å². The Bertz CT molecular complexity index is 375. The fourth-order valence-electron chi connectivity index (χ4n) is 1.40. The standard InChI is InChI=1S/C12H14ClN/c1-4-10-11(13)6-5-9(12(10)14)7-8(2)3/h1,5-6,8H,7,14H2,2-3H3. The summed E-state index contributed by atoms with van der Waals surface area (Å²) < 4.78 is 0. The molecule has 0 fully saturated rings. The summed E-state index contributed by atoms with van der Waals surface area (Å²) in [5, 5.41) is 0.553. The zero-order valence-corrected chi connectivity index (χ0v) is 9.23. The molecule has 2 N–H and O–H groups in total. The van der Waals surface area contributed by atoms with E-state index in [-0.39, 0.29) is 0 Å². The zero-order chi connectivity index (χ0) is 10.7. The molecule has 1 rings (SSSR count). The third kappa shape index (κ3) is 2.21. The number of rotatable bonds is 2. The molecule has 0 radical (unpaired) electrons. The minimum absolute atomic E-state index is 0.553. The topological polar surface area (TPSA) is 26.0 Å². The van der Waals surface area contributed by atoms with Crippen molar-refractivity contribution in [1.29, 1.82) is 0 Å². The molecule has 0 amide bonds.